The van der Waals surface area contributed by atoms with Crippen molar-refractivity contribution in [1.82, 2.24) is 10.2 Å². The topological polar surface area (TPSA) is 64.1 Å². The van der Waals surface area contributed by atoms with E-state index in [-0.39, 0.29) is 11.3 Å². The summed E-state index contributed by atoms with van der Waals surface area (Å²) >= 11 is 1.39. The third-order valence-corrected chi connectivity index (χ3v) is 3.90. The lowest BCUT2D eigenvalue weighted by Gasteiger charge is -2.12. The summed E-state index contributed by atoms with van der Waals surface area (Å²) in [7, 11) is 1.59. The van der Waals surface area contributed by atoms with Gasteiger partial charge >= 0.3 is 0 Å². The van der Waals surface area contributed by atoms with Gasteiger partial charge in [0.15, 0.2) is 0 Å². The second kappa shape index (κ2) is 5.58. The first-order valence-electron chi connectivity index (χ1n) is 6.19. The average Bonchev–Trinajstić information content (AvgIpc) is 2.87. The fourth-order valence-electron chi connectivity index (χ4n) is 1.49. The molecule has 0 radical (unpaired) electrons. The maximum atomic E-state index is 12.1. The van der Waals surface area contributed by atoms with E-state index in [0.29, 0.717) is 16.4 Å². The van der Waals surface area contributed by atoms with E-state index in [0.717, 1.165) is 5.01 Å². The summed E-state index contributed by atoms with van der Waals surface area (Å²) in [5.74, 6) is 0.511. The number of methoxy groups -OCH3 is 1. The molecule has 0 spiro atoms. The molecule has 6 heteroatoms. The van der Waals surface area contributed by atoms with Gasteiger partial charge in [-0.1, -0.05) is 32.1 Å². The number of anilines is 1. The molecule has 1 aromatic heterocycles. The number of hydrogen-bond donors (Lipinski definition) is 1. The molecular formula is C14H17N3O2S. The maximum absolute atomic E-state index is 12.1. The molecule has 0 aliphatic carbocycles. The van der Waals surface area contributed by atoms with Crippen LogP contribution in [-0.4, -0.2) is 23.2 Å². The van der Waals surface area contributed by atoms with Crippen molar-refractivity contribution < 1.29 is 9.53 Å². The Morgan fingerprint density at radius 3 is 2.35 bits per heavy atom. The summed E-state index contributed by atoms with van der Waals surface area (Å²) < 4.78 is 5.06. The molecule has 0 aliphatic rings. The van der Waals surface area contributed by atoms with Gasteiger partial charge in [-0.3, -0.25) is 10.1 Å². The molecule has 0 saturated carbocycles. The van der Waals surface area contributed by atoms with Crippen molar-refractivity contribution in [1.29, 1.82) is 0 Å². The molecule has 0 unspecified atom stereocenters. The molecule has 106 valence electrons. The molecule has 1 aromatic carbocycles. The Morgan fingerprint density at radius 2 is 1.85 bits per heavy atom. The van der Waals surface area contributed by atoms with Crippen LogP contribution >= 0.6 is 11.3 Å². The number of ether oxygens (including phenoxy) is 1. The van der Waals surface area contributed by atoms with Crippen molar-refractivity contribution in [2.45, 2.75) is 26.2 Å². The largest absolute Gasteiger partial charge is 0.497 e. The van der Waals surface area contributed by atoms with Crippen molar-refractivity contribution in [3.05, 3.63) is 34.8 Å². The highest BCUT2D eigenvalue weighted by atomic mass is 32.1. The second-order valence-electron chi connectivity index (χ2n) is 5.34. The van der Waals surface area contributed by atoms with Crippen LogP contribution in [0.25, 0.3) is 0 Å². The normalized spacial score (nSPS) is 11.2. The Hall–Kier alpha value is -1.95. The fourth-order valence-corrected chi connectivity index (χ4v) is 2.28. The SMILES string of the molecule is COc1ccc(C(=O)Nc2nnc(C(C)(C)C)s2)cc1. The van der Waals surface area contributed by atoms with Crippen LogP contribution in [-0.2, 0) is 5.41 Å². The summed E-state index contributed by atoms with van der Waals surface area (Å²) in [5, 5.41) is 12.2. The monoisotopic (exact) mass is 291 g/mol. The third-order valence-electron chi connectivity index (χ3n) is 2.64. The molecule has 0 aliphatic heterocycles. The van der Waals surface area contributed by atoms with Gasteiger partial charge in [-0.05, 0) is 24.3 Å². The number of benzene rings is 1. The Balaban J connectivity index is 2.09. The van der Waals surface area contributed by atoms with Crippen molar-refractivity contribution in [2.75, 3.05) is 12.4 Å². The Kier molecular flexibility index (Phi) is 4.04. The molecule has 2 rings (SSSR count). The lowest BCUT2D eigenvalue weighted by atomic mass is 9.98. The number of amides is 1. The minimum Gasteiger partial charge on any atom is -0.497 e. The van der Waals surface area contributed by atoms with Gasteiger partial charge < -0.3 is 4.74 Å². The van der Waals surface area contributed by atoms with E-state index in [4.69, 9.17) is 4.74 Å². The van der Waals surface area contributed by atoms with E-state index in [2.05, 4.69) is 36.3 Å². The number of carbonyl (C=O) groups excluding carboxylic acids is 1. The average molecular weight is 291 g/mol. The van der Waals surface area contributed by atoms with Crippen molar-refractivity contribution in [2.24, 2.45) is 0 Å². The molecule has 20 heavy (non-hydrogen) atoms. The van der Waals surface area contributed by atoms with Crippen LogP contribution in [0.4, 0.5) is 5.13 Å². The van der Waals surface area contributed by atoms with Gasteiger partial charge in [0.25, 0.3) is 5.91 Å². The first-order valence-corrected chi connectivity index (χ1v) is 7.01. The highest BCUT2D eigenvalue weighted by Gasteiger charge is 2.20. The summed E-state index contributed by atoms with van der Waals surface area (Å²) in [5.41, 5.74) is 0.485. The van der Waals surface area contributed by atoms with Crippen molar-refractivity contribution in [3.8, 4) is 5.75 Å². The summed E-state index contributed by atoms with van der Waals surface area (Å²) in [4.78, 5) is 12.1. The van der Waals surface area contributed by atoms with Crippen LogP contribution in [0, 0.1) is 0 Å². The molecule has 0 bridgehead atoms. The molecule has 5 nitrogen and oxygen atoms in total. The van der Waals surface area contributed by atoms with Crippen LogP contribution in [0.15, 0.2) is 24.3 Å². The van der Waals surface area contributed by atoms with Crippen LogP contribution in [0.1, 0.15) is 36.1 Å². The zero-order valence-corrected chi connectivity index (χ0v) is 12.7. The lowest BCUT2D eigenvalue weighted by molar-refractivity contribution is 0.102. The molecule has 0 atom stereocenters. The molecular weight excluding hydrogens is 274 g/mol. The summed E-state index contributed by atoms with van der Waals surface area (Å²) in [6, 6.07) is 6.91. The van der Waals surface area contributed by atoms with Gasteiger partial charge in [-0.25, -0.2) is 0 Å². The maximum Gasteiger partial charge on any atom is 0.257 e. The summed E-state index contributed by atoms with van der Waals surface area (Å²) in [6.07, 6.45) is 0. The van der Waals surface area contributed by atoms with Crippen molar-refractivity contribution >= 4 is 22.4 Å². The van der Waals surface area contributed by atoms with Gasteiger partial charge in [0, 0.05) is 11.0 Å². The van der Waals surface area contributed by atoms with Gasteiger partial charge in [-0.2, -0.15) is 0 Å². The molecule has 0 saturated heterocycles. The number of rotatable bonds is 3. The van der Waals surface area contributed by atoms with Crippen LogP contribution < -0.4 is 10.1 Å². The van der Waals surface area contributed by atoms with E-state index in [1.807, 2.05) is 0 Å². The lowest BCUT2D eigenvalue weighted by Crippen LogP contribution is -2.11. The Labute approximate surface area is 122 Å². The van der Waals surface area contributed by atoms with Gasteiger partial charge in [-0.15, -0.1) is 10.2 Å². The minimum atomic E-state index is -0.204. The highest BCUT2D eigenvalue weighted by Crippen LogP contribution is 2.27. The third kappa shape index (κ3) is 3.33. The van der Waals surface area contributed by atoms with E-state index < -0.39 is 0 Å². The predicted molar refractivity (Wildman–Crippen MR) is 79.6 cm³/mol. The zero-order valence-electron chi connectivity index (χ0n) is 11.9. The number of carbonyl (C=O) groups is 1. The Bertz CT molecular complexity index is 600. The smallest absolute Gasteiger partial charge is 0.257 e. The number of nitrogens with one attached hydrogen (secondary N) is 1. The molecule has 1 N–H and O–H groups in total. The quantitative estimate of drug-likeness (QED) is 0.943. The van der Waals surface area contributed by atoms with Gasteiger partial charge in [0.2, 0.25) is 5.13 Å². The Morgan fingerprint density at radius 1 is 1.20 bits per heavy atom. The molecule has 1 amide bonds. The zero-order chi connectivity index (χ0) is 14.8. The second-order valence-corrected chi connectivity index (χ2v) is 6.32. The van der Waals surface area contributed by atoms with E-state index in [9.17, 15) is 4.79 Å². The molecule has 0 fully saturated rings. The van der Waals surface area contributed by atoms with Crippen LogP contribution in [0.3, 0.4) is 0 Å². The van der Waals surface area contributed by atoms with Crippen LogP contribution in [0.2, 0.25) is 0 Å². The van der Waals surface area contributed by atoms with E-state index in [1.54, 1.807) is 31.4 Å². The number of hydrogen-bond acceptors (Lipinski definition) is 5. The van der Waals surface area contributed by atoms with Gasteiger partial charge in [0.05, 0.1) is 7.11 Å². The fraction of sp³-hybridized carbons (Fsp3) is 0.357. The molecule has 1 heterocycles. The first kappa shape index (κ1) is 14.5. The molecule has 2 aromatic rings. The predicted octanol–water partition coefficient (Wildman–Crippen LogP) is 3.10. The number of nitrogens with zero attached hydrogens (tertiary/aromatic N) is 2. The number of aromatic nitrogens is 2. The van der Waals surface area contributed by atoms with E-state index in [1.165, 1.54) is 11.3 Å². The standard InChI is InChI=1S/C14H17N3O2S/c1-14(2,3)12-16-17-13(20-12)15-11(18)9-5-7-10(19-4)8-6-9/h5-8H,1-4H3,(H,15,17,18). The van der Waals surface area contributed by atoms with Crippen LogP contribution in [0.5, 0.6) is 5.75 Å². The first-order chi connectivity index (χ1) is 9.40. The van der Waals surface area contributed by atoms with Crippen molar-refractivity contribution in [3.63, 3.8) is 0 Å². The minimum absolute atomic E-state index is 0.0687. The van der Waals surface area contributed by atoms with E-state index >= 15 is 0 Å². The van der Waals surface area contributed by atoms with Gasteiger partial charge in [0.1, 0.15) is 10.8 Å². The summed E-state index contributed by atoms with van der Waals surface area (Å²) in [6.45, 7) is 6.17. The highest BCUT2D eigenvalue weighted by molar-refractivity contribution is 7.15.